The largest absolute Gasteiger partial charge is 0.337 e. The summed E-state index contributed by atoms with van der Waals surface area (Å²) in [5.74, 6) is 0.280. The third-order valence-electron chi connectivity index (χ3n) is 4.30. The SMILES string of the molecule is O=C1CCC(c2nc(-c3ccccn3)no2)N1Cc1ccc(F)cc1Cl. The van der Waals surface area contributed by atoms with Gasteiger partial charge in [0.25, 0.3) is 0 Å². The number of benzene rings is 1. The fourth-order valence-corrected chi connectivity index (χ4v) is 3.22. The van der Waals surface area contributed by atoms with Crippen LogP contribution in [0.5, 0.6) is 0 Å². The van der Waals surface area contributed by atoms with Crippen LogP contribution in [0.3, 0.4) is 0 Å². The van der Waals surface area contributed by atoms with Gasteiger partial charge in [-0.05, 0) is 36.2 Å². The van der Waals surface area contributed by atoms with Crippen LogP contribution in [0.4, 0.5) is 4.39 Å². The molecule has 1 atom stereocenters. The first kappa shape index (κ1) is 16.7. The number of halogens is 2. The quantitative estimate of drug-likeness (QED) is 0.696. The van der Waals surface area contributed by atoms with Crippen molar-refractivity contribution in [3.05, 3.63) is 64.9 Å². The van der Waals surface area contributed by atoms with Gasteiger partial charge in [0.1, 0.15) is 17.6 Å². The lowest BCUT2D eigenvalue weighted by atomic mass is 10.1. The summed E-state index contributed by atoms with van der Waals surface area (Å²) >= 11 is 6.10. The van der Waals surface area contributed by atoms with Crippen LogP contribution in [0.1, 0.15) is 30.3 Å². The Bertz CT molecular complexity index is 947. The second-order valence-electron chi connectivity index (χ2n) is 5.98. The van der Waals surface area contributed by atoms with Crippen molar-refractivity contribution in [1.82, 2.24) is 20.0 Å². The predicted octanol–water partition coefficient (Wildman–Crippen LogP) is 3.79. The molecule has 132 valence electrons. The Morgan fingerprint density at radius 2 is 2.19 bits per heavy atom. The van der Waals surface area contributed by atoms with Crippen molar-refractivity contribution in [2.45, 2.75) is 25.4 Å². The molecule has 0 spiro atoms. The molecule has 0 aliphatic carbocycles. The van der Waals surface area contributed by atoms with Crippen LogP contribution < -0.4 is 0 Å². The molecule has 0 radical (unpaired) electrons. The van der Waals surface area contributed by atoms with Gasteiger partial charge in [-0.2, -0.15) is 4.98 Å². The zero-order valence-electron chi connectivity index (χ0n) is 13.6. The minimum Gasteiger partial charge on any atom is -0.337 e. The molecule has 3 aromatic rings. The van der Waals surface area contributed by atoms with Crippen LogP contribution in [0.25, 0.3) is 11.5 Å². The topological polar surface area (TPSA) is 72.1 Å². The molecule has 1 saturated heterocycles. The average molecular weight is 373 g/mol. The van der Waals surface area contributed by atoms with Crippen molar-refractivity contribution >= 4 is 17.5 Å². The van der Waals surface area contributed by atoms with E-state index in [0.717, 1.165) is 0 Å². The summed E-state index contributed by atoms with van der Waals surface area (Å²) in [6, 6.07) is 9.21. The highest BCUT2D eigenvalue weighted by atomic mass is 35.5. The van der Waals surface area contributed by atoms with Crippen molar-refractivity contribution in [2.75, 3.05) is 0 Å². The molecule has 1 aromatic carbocycles. The highest BCUT2D eigenvalue weighted by Crippen LogP contribution is 2.35. The minimum atomic E-state index is -0.417. The van der Waals surface area contributed by atoms with Crippen LogP contribution in [0, 0.1) is 5.82 Å². The second-order valence-corrected chi connectivity index (χ2v) is 6.39. The Balaban J connectivity index is 1.59. The Morgan fingerprint density at radius 3 is 2.96 bits per heavy atom. The van der Waals surface area contributed by atoms with E-state index in [-0.39, 0.29) is 23.5 Å². The standard InChI is InChI=1S/C18H14ClFN4O2/c19-13-9-12(20)5-4-11(13)10-24-15(6-7-16(24)25)18-22-17(23-26-18)14-3-1-2-8-21-14/h1-5,8-9,15H,6-7,10H2. The van der Waals surface area contributed by atoms with Crippen LogP contribution in [-0.2, 0) is 11.3 Å². The number of hydrogen-bond donors (Lipinski definition) is 0. The molecule has 0 N–H and O–H groups in total. The van der Waals surface area contributed by atoms with Gasteiger partial charge in [-0.15, -0.1) is 0 Å². The number of rotatable bonds is 4. The molecule has 1 aliphatic heterocycles. The van der Waals surface area contributed by atoms with Gasteiger partial charge < -0.3 is 9.42 Å². The second kappa shape index (κ2) is 6.84. The predicted molar refractivity (Wildman–Crippen MR) is 91.5 cm³/mol. The summed E-state index contributed by atoms with van der Waals surface area (Å²) in [7, 11) is 0. The van der Waals surface area contributed by atoms with Gasteiger partial charge in [0.15, 0.2) is 0 Å². The van der Waals surface area contributed by atoms with Gasteiger partial charge in [0.2, 0.25) is 17.6 Å². The van der Waals surface area contributed by atoms with Gasteiger partial charge in [0, 0.05) is 24.2 Å². The summed E-state index contributed by atoms with van der Waals surface area (Å²) in [6.45, 7) is 0.254. The van der Waals surface area contributed by atoms with Gasteiger partial charge in [-0.25, -0.2) is 4.39 Å². The Kier molecular flexibility index (Phi) is 4.38. The zero-order valence-corrected chi connectivity index (χ0v) is 14.4. The zero-order chi connectivity index (χ0) is 18.1. The first-order valence-corrected chi connectivity index (χ1v) is 8.48. The van der Waals surface area contributed by atoms with Crippen molar-refractivity contribution in [3.8, 4) is 11.5 Å². The van der Waals surface area contributed by atoms with E-state index in [0.29, 0.717) is 35.8 Å². The molecule has 3 heterocycles. The molecular formula is C18H14ClFN4O2. The summed E-state index contributed by atoms with van der Waals surface area (Å²) in [5.41, 5.74) is 1.26. The number of hydrogen-bond acceptors (Lipinski definition) is 5. The van der Waals surface area contributed by atoms with E-state index in [1.807, 2.05) is 6.07 Å². The summed E-state index contributed by atoms with van der Waals surface area (Å²) < 4.78 is 18.6. The van der Waals surface area contributed by atoms with E-state index in [1.54, 1.807) is 29.3 Å². The van der Waals surface area contributed by atoms with Crippen molar-refractivity contribution in [3.63, 3.8) is 0 Å². The Hall–Kier alpha value is -2.80. The third-order valence-corrected chi connectivity index (χ3v) is 4.66. The Morgan fingerprint density at radius 1 is 1.31 bits per heavy atom. The molecule has 1 amide bonds. The molecule has 1 aliphatic rings. The monoisotopic (exact) mass is 372 g/mol. The molecule has 8 heteroatoms. The van der Waals surface area contributed by atoms with Gasteiger partial charge >= 0.3 is 0 Å². The Labute approximate surface area is 153 Å². The van der Waals surface area contributed by atoms with E-state index >= 15 is 0 Å². The van der Waals surface area contributed by atoms with Crippen LogP contribution >= 0.6 is 11.6 Å². The summed E-state index contributed by atoms with van der Waals surface area (Å²) in [6.07, 6.45) is 2.60. The number of aromatic nitrogens is 3. The molecular weight excluding hydrogens is 359 g/mol. The lowest BCUT2D eigenvalue weighted by Gasteiger charge is -2.22. The number of nitrogens with zero attached hydrogens (tertiary/aromatic N) is 4. The van der Waals surface area contributed by atoms with Crippen LogP contribution in [-0.4, -0.2) is 25.9 Å². The number of pyridine rings is 1. The fraction of sp³-hybridized carbons (Fsp3) is 0.222. The number of amides is 1. The molecule has 2 aromatic heterocycles. The molecule has 1 unspecified atom stereocenters. The number of likely N-dealkylation sites (tertiary alicyclic amines) is 1. The first-order chi connectivity index (χ1) is 12.6. The molecule has 26 heavy (non-hydrogen) atoms. The van der Waals surface area contributed by atoms with Crippen molar-refractivity contribution in [2.24, 2.45) is 0 Å². The molecule has 6 nitrogen and oxygen atoms in total. The average Bonchev–Trinajstić information content (AvgIpc) is 3.26. The van der Waals surface area contributed by atoms with Gasteiger partial charge in [0.05, 0.1) is 0 Å². The third kappa shape index (κ3) is 3.17. The van der Waals surface area contributed by atoms with Crippen molar-refractivity contribution in [1.29, 1.82) is 0 Å². The summed E-state index contributed by atoms with van der Waals surface area (Å²) in [5, 5.41) is 4.25. The summed E-state index contributed by atoms with van der Waals surface area (Å²) in [4.78, 5) is 22.5. The fourth-order valence-electron chi connectivity index (χ4n) is 2.99. The maximum atomic E-state index is 13.2. The smallest absolute Gasteiger partial charge is 0.249 e. The van der Waals surface area contributed by atoms with E-state index in [9.17, 15) is 9.18 Å². The highest BCUT2D eigenvalue weighted by Gasteiger charge is 2.36. The van der Waals surface area contributed by atoms with E-state index < -0.39 is 5.82 Å². The van der Waals surface area contributed by atoms with Gasteiger partial charge in [-0.3, -0.25) is 9.78 Å². The van der Waals surface area contributed by atoms with Crippen LogP contribution in [0.2, 0.25) is 5.02 Å². The molecule has 4 rings (SSSR count). The maximum absolute atomic E-state index is 13.2. The minimum absolute atomic E-state index is 0.0343. The lowest BCUT2D eigenvalue weighted by molar-refractivity contribution is -0.129. The van der Waals surface area contributed by atoms with Crippen molar-refractivity contribution < 1.29 is 13.7 Å². The number of carbonyl (C=O) groups is 1. The first-order valence-electron chi connectivity index (χ1n) is 8.10. The molecule has 0 saturated carbocycles. The number of carbonyl (C=O) groups excluding carboxylic acids is 1. The lowest BCUT2D eigenvalue weighted by Crippen LogP contribution is -2.27. The normalized spacial score (nSPS) is 17.1. The maximum Gasteiger partial charge on any atom is 0.249 e. The van der Waals surface area contributed by atoms with Gasteiger partial charge in [-0.1, -0.05) is 28.9 Å². The van der Waals surface area contributed by atoms with E-state index in [4.69, 9.17) is 16.1 Å². The van der Waals surface area contributed by atoms with Crippen LogP contribution in [0.15, 0.2) is 47.1 Å². The molecule has 0 bridgehead atoms. The van der Waals surface area contributed by atoms with E-state index in [2.05, 4.69) is 15.1 Å². The highest BCUT2D eigenvalue weighted by molar-refractivity contribution is 6.31. The molecule has 1 fully saturated rings. The van der Waals surface area contributed by atoms with E-state index in [1.165, 1.54) is 12.1 Å².